The molecule has 0 spiro atoms. The van der Waals surface area contributed by atoms with Crippen molar-refractivity contribution in [3.63, 3.8) is 0 Å². The predicted molar refractivity (Wildman–Crippen MR) is 91.3 cm³/mol. The molecule has 1 aromatic heterocycles. The van der Waals surface area contributed by atoms with Crippen LogP contribution in [0, 0.1) is 0 Å². The molecular formula is C19H18N2O2. The van der Waals surface area contributed by atoms with E-state index in [1.54, 1.807) is 12.1 Å². The van der Waals surface area contributed by atoms with Gasteiger partial charge in [-0.25, -0.2) is 0 Å². The lowest BCUT2D eigenvalue weighted by molar-refractivity contribution is -0.114. The van der Waals surface area contributed by atoms with E-state index < -0.39 is 11.7 Å². The van der Waals surface area contributed by atoms with Crippen LogP contribution in [0.5, 0.6) is 0 Å². The van der Waals surface area contributed by atoms with Gasteiger partial charge in [-0.2, -0.15) is 0 Å². The van der Waals surface area contributed by atoms with Crippen molar-refractivity contribution in [1.29, 1.82) is 0 Å². The summed E-state index contributed by atoms with van der Waals surface area (Å²) in [6.07, 6.45) is 2.09. The fraction of sp³-hybridized carbons (Fsp3) is 0.158. The Balaban J connectivity index is 2.01. The van der Waals surface area contributed by atoms with E-state index in [1.807, 2.05) is 12.1 Å². The number of hydrogen-bond acceptors (Lipinski definition) is 2. The summed E-state index contributed by atoms with van der Waals surface area (Å²) >= 11 is 0. The molecule has 2 N–H and O–H groups in total. The number of carbonyl (C=O) groups is 2. The highest BCUT2D eigenvalue weighted by Gasteiger charge is 2.12. The Bertz CT molecular complexity index is 889. The van der Waals surface area contributed by atoms with Crippen LogP contribution < -0.4 is 5.73 Å². The summed E-state index contributed by atoms with van der Waals surface area (Å²) in [5, 5.41) is 1.20. The maximum absolute atomic E-state index is 11.6. The zero-order valence-electron chi connectivity index (χ0n) is 13.1. The highest BCUT2D eigenvalue weighted by Crippen LogP contribution is 2.27. The summed E-state index contributed by atoms with van der Waals surface area (Å²) in [7, 11) is 0. The van der Waals surface area contributed by atoms with Gasteiger partial charge in [0.1, 0.15) is 0 Å². The van der Waals surface area contributed by atoms with Gasteiger partial charge < -0.3 is 10.3 Å². The molecule has 0 aliphatic rings. The lowest BCUT2D eigenvalue weighted by Gasteiger charge is -2.10. The van der Waals surface area contributed by atoms with Gasteiger partial charge in [-0.3, -0.25) is 9.59 Å². The molecule has 0 bridgehead atoms. The van der Waals surface area contributed by atoms with E-state index in [1.165, 1.54) is 10.9 Å². The van der Waals surface area contributed by atoms with Gasteiger partial charge >= 0.3 is 0 Å². The Kier molecular flexibility index (Phi) is 3.74. The number of primary amides is 1. The molecule has 0 aliphatic heterocycles. The van der Waals surface area contributed by atoms with Crippen LogP contribution in [0.2, 0.25) is 0 Å². The number of nitrogens with zero attached hydrogens (tertiary/aromatic N) is 1. The van der Waals surface area contributed by atoms with Crippen LogP contribution in [0.3, 0.4) is 0 Å². The maximum atomic E-state index is 11.6. The standard InChI is InChI=1S/C19H18N2O2/c1-12(2)21-10-9-14-5-8-16(11-17(14)21)13-3-6-15(7-4-13)18(22)19(20)23/h3-12H,1-2H3,(H2,20,23). The summed E-state index contributed by atoms with van der Waals surface area (Å²) in [5.41, 5.74) is 8.57. The molecule has 3 rings (SSSR count). The van der Waals surface area contributed by atoms with E-state index in [0.717, 1.165) is 11.1 Å². The van der Waals surface area contributed by atoms with Gasteiger partial charge in [0.15, 0.2) is 0 Å². The second-order valence-corrected chi connectivity index (χ2v) is 5.86. The second-order valence-electron chi connectivity index (χ2n) is 5.86. The van der Waals surface area contributed by atoms with Crippen molar-refractivity contribution in [2.75, 3.05) is 0 Å². The van der Waals surface area contributed by atoms with Crippen LogP contribution in [-0.2, 0) is 4.79 Å². The summed E-state index contributed by atoms with van der Waals surface area (Å²) in [6, 6.07) is 15.7. The average Bonchev–Trinajstić information content (AvgIpc) is 2.97. The lowest BCUT2D eigenvalue weighted by Crippen LogP contribution is -2.22. The molecule has 2 aromatic carbocycles. The number of nitrogens with two attached hydrogens (primary N) is 1. The van der Waals surface area contributed by atoms with Crippen LogP contribution in [-0.4, -0.2) is 16.3 Å². The molecule has 0 radical (unpaired) electrons. The first-order chi connectivity index (χ1) is 11.0. The first-order valence-electron chi connectivity index (χ1n) is 7.52. The monoisotopic (exact) mass is 306 g/mol. The Morgan fingerprint density at radius 1 is 0.957 bits per heavy atom. The number of aromatic nitrogens is 1. The van der Waals surface area contributed by atoms with E-state index in [9.17, 15) is 9.59 Å². The largest absolute Gasteiger partial charge is 0.363 e. The Morgan fingerprint density at radius 2 is 1.61 bits per heavy atom. The molecule has 1 heterocycles. The molecule has 0 aliphatic carbocycles. The molecule has 1 amide bonds. The van der Waals surface area contributed by atoms with Gasteiger partial charge in [-0.05, 0) is 42.5 Å². The molecule has 4 heteroatoms. The topological polar surface area (TPSA) is 65.1 Å². The first kappa shape index (κ1) is 15.0. The highest BCUT2D eigenvalue weighted by molar-refractivity contribution is 6.42. The number of Topliss-reactive ketones (excluding diaryl/α,β-unsaturated/α-hetero) is 1. The fourth-order valence-corrected chi connectivity index (χ4v) is 2.74. The number of carbonyl (C=O) groups excluding carboxylic acids is 2. The van der Waals surface area contributed by atoms with Crippen molar-refractivity contribution >= 4 is 22.6 Å². The molecule has 0 saturated carbocycles. The van der Waals surface area contributed by atoms with Crippen molar-refractivity contribution in [3.8, 4) is 11.1 Å². The number of rotatable bonds is 4. The number of ketones is 1. The normalized spacial score (nSPS) is 11.1. The van der Waals surface area contributed by atoms with Gasteiger partial charge in [0.25, 0.3) is 5.91 Å². The van der Waals surface area contributed by atoms with Crippen LogP contribution >= 0.6 is 0 Å². The smallest absolute Gasteiger partial charge is 0.289 e. The van der Waals surface area contributed by atoms with Crippen LogP contribution in [0.1, 0.15) is 30.2 Å². The quantitative estimate of drug-likeness (QED) is 0.591. The minimum atomic E-state index is -0.936. The summed E-state index contributed by atoms with van der Waals surface area (Å²) in [6.45, 7) is 4.30. The SMILES string of the molecule is CC(C)n1ccc2ccc(-c3ccc(C(=O)C(N)=O)cc3)cc21. The molecule has 0 unspecified atom stereocenters. The molecule has 4 nitrogen and oxygen atoms in total. The van der Waals surface area contributed by atoms with Crippen molar-refractivity contribution < 1.29 is 9.59 Å². The van der Waals surface area contributed by atoms with Crippen molar-refractivity contribution in [3.05, 3.63) is 60.3 Å². The summed E-state index contributed by atoms with van der Waals surface area (Å²) in [4.78, 5) is 22.5. The van der Waals surface area contributed by atoms with Crippen LogP contribution in [0.25, 0.3) is 22.0 Å². The Hall–Kier alpha value is -2.88. The molecule has 116 valence electrons. The second kappa shape index (κ2) is 5.72. The summed E-state index contributed by atoms with van der Waals surface area (Å²) in [5.74, 6) is -1.60. The Labute approximate surface area is 134 Å². The van der Waals surface area contributed by atoms with E-state index in [2.05, 4.69) is 48.9 Å². The number of fused-ring (bicyclic) bond motifs is 1. The minimum absolute atomic E-state index is 0.313. The zero-order chi connectivity index (χ0) is 16.6. The van der Waals surface area contributed by atoms with E-state index >= 15 is 0 Å². The first-order valence-corrected chi connectivity index (χ1v) is 7.52. The van der Waals surface area contributed by atoms with Crippen molar-refractivity contribution in [2.45, 2.75) is 19.9 Å². The van der Waals surface area contributed by atoms with Crippen LogP contribution in [0.4, 0.5) is 0 Å². The maximum Gasteiger partial charge on any atom is 0.289 e. The van der Waals surface area contributed by atoms with E-state index in [4.69, 9.17) is 5.73 Å². The van der Waals surface area contributed by atoms with E-state index in [0.29, 0.717) is 11.6 Å². The average molecular weight is 306 g/mol. The van der Waals surface area contributed by atoms with Gasteiger partial charge in [0.2, 0.25) is 5.78 Å². The van der Waals surface area contributed by atoms with Crippen molar-refractivity contribution in [1.82, 2.24) is 4.57 Å². The summed E-state index contributed by atoms with van der Waals surface area (Å²) < 4.78 is 2.23. The van der Waals surface area contributed by atoms with Gasteiger partial charge in [0.05, 0.1) is 0 Å². The third kappa shape index (κ3) is 2.75. The molecule has 3 aromatic rings. The molecule has 0 atom stereocenters. The Morgan fingerprint density at radius 3 is 2.22 bits per heavy atom. The van der Waals surface area contributed by atoms with E-state index in [-0.39, 0.29) is 0 Å². The van der Waals surface area contributed by atoms with Gasteiger partial charge in [-0.15, -0.1) is 0 Å². The highest BCUT2D eigenvalue weighted by atomic mass is 16.2. The molecule has 0 fully saturated rings. The third-order valence-electron chi connectivity index (χ3n) is 3.98. The van der Waals surface area contributed by atoms with Gasteiger partial charge in [-0.1, -0.05) is 36.4 Å². The predicted octanol–water partition coefficient (Wildman–Crippen LogP) is 3.56. The minimum Gasteiger partial charge on any atom is -0.363 e. The van der Waals surface area contributed by atoms with Crippen LogP contribution in [0.15, 0.2) is 54.7 Å². The third-order valence-corrected chi connectivity index (χ3v) is 3.98. The zero-order valence-corrected chi connectivity index (χ0v) is 13.1. The van der Waals surface area contributed by atoms with Gasteiger partial charge in [0, 0.05) is 23.3 Å². The fourth-order valence-electron chi connectivity index (χ4n) is 2.74. The number of benzene rings is 2. The molecular weight excluding hydrogens is 288 g/mol. The molecule has 0 saturated heterocycles. The number of hydrogen-bond donors (Lipinski definition) is 1. The molecule has 23 heavy (non-hydrogen) atoms. The lowest BCUT2D eigenvalue weighted by atomic mass is 10.0. The van der Waals surface area contributed by atoms with Crippen molar-refractivity contribution in [2.24, 2.45) is 5.73 Å². The number of amides is 1.